The summed E-state index contributed by atoms with van der Waals surface area (Å²) < 4.78 is 1.51. The summed E-state index contributed by atoms with van der Waals surface area (Å²) in [5.41, 5.74) is 6.89. The zero-order chi connectivity index (χ0) is 11.9. The number of rotatable bonds is 1. The second kappa shape index (κ2) is 4.13. The van der Waals surface area contributed by atoms with E-state index in [9.17, 15) is 0 Å². The molecule has 0 aliphatic carbocycles. The van der Waals surface area contributed by atoms with Gasteiger partial charge in [0.1, 0.15) is 0 Å². The molecule has 0 amide bonds. The number of benzene rings is 1. The Morgan fingerprint density at radius 3 is 2.31 bits per heavy atom. The first-order valence-corrected chi connectivity index (χ1v) is 5.47. The van der Waals surface area contributed by atoms with Crippen LogP contribution in [0.1, 0.15) is 5.69 Å². The number of anilines is 1. The summed E-state index contributed by atoms with van der Waals surface area (Å²) in [6.45, 7) is 1.79. The van der Waals surface area contributed by atoms with Crippen molar-refractivity contribution in [1.29, 1.82) is 0 Å². The lowest BCUT2D eigenvalue weighted by atomic mass is 10.3. The molecule has 0 fully saturated rings. The van der Waals surface area contributed by atoms with E-state index in [1.807, 2.05) is 0 Å². The second-order valence-corrected chi connectivity index (χ2v) is 4.41. The Hall–Kier alpha value is -0.970. The van der Waals surface area contributed by atoms with Gasteiger partial charge in [0.2, 0.25) is 0 Å². The predicted octanol–water partition coefficient (Wildman–Crippen LogP) is 3.12. The molecule has 1 heterocycles. The van der Waals surface area contributed by atoms with Crippen LogP contribution in [0.3, 0.4) is 0 Å². The maximum atomic E-state index is 6.04. The highest BCUT2D eigenvalue weighted by molar-refractivity contribution is 6.43. The molecule has 0 spiro atoms. The van der Waals surface area contributed by atoms with Gasteiger partial charge in [-0.3, -0.25) is 0 Å². The van der Waals surface area contributed by atoms with Gasteiger partial charge in [0.05, 0.1) is 26.4 Å². The van der Waals surface area contributed by atoms with Crippen molar-refractivity contribution in [3.05, 3.63) is 32.9 Å². The lowest BCUT2D eigenvalue weighted by Crippen LogP contribution is -2.00. The SMILES string of the molecule is Cc1c(N)nnn1-c1cc(Cl)c(Cl)cc1Cl. The summed E-state index contributed by atoms with van der Waals surface area (Å²) in [5, 5.41) is 8.83. The van der Waals surface area contributed by atoms with Crippen LogP contribution in [-0.4, -0.2) is 15.0 Å². The Labute approximate surface area is 107 Å². The number of hydrogen-bond acceptors (Lipinski definition) is 3. The molecule has 2 aromatic rings. The number of nitrogens with zero attached hydrogens (tertiary/aromatic N) is 3. The zero-order valence-electron chi connectivity index (χ0n) is 8.21. The molecule has 84 valence electrons. The van der Waals surface area contributed by atoms with Crippen molar-refractivity contribution in [2.75, 3.05) is 5.73 Å². The van der Waals surface area contributed by atoms with Crippen molar-refractivity contribution < 1.29 is 0 Å². The molecule has 0 aliphatic rings. The van der Waals surface area contributed by atoms with Crippen LogP contribution >= 0.6 is 34.8 Å². The molecule has 1 aromatic heterocycles. The van der Waals surface area contributed by atoms with Crippen molar-refractivity contribution in [3.63, 3.8) is 0 Å². The first-order valence-electron chi connectivity index (χ1n) is 4.33. The minimum Gasteiger partial charge on any atom is -0.381 e. The number of nitrogens with two attached hydrogens (primary N) is 1. The van der Waals surface area contributed by atoms with E-state index >= 15 is 0 Å². The van der Waals surface area contributed by atoms with Crippen molar-refractivity contribution in [3.8, 4) is 5.69 Å². The summed E-state index contributed by atoms with van der Waals surface area (Å²) in [6.07, 6.45) is 0. The molecule has 0 unspecified atom stereocenters. The maximum Gasteiger partial charge on any atom is 0.169 e. The van der Waals surface area contributed by atoms with Gasteiger partial charge in [-0.1, -0.05) is 40.0 Å². The average molecular weight is 278 g/mol. The van der Waals surface area contributed by atoms with E-state index in [1.165, 1.54) is 4.68 Å². The van der Waals surface area contributed by atoms with Crippen molar-refractivity contribution in [2.45, 2.75) is 6.92 Å². The van der Waals surface area contributed by atoms with E-state index in [1.54, 1.807) is 19.1 Å². The number of nitrogen functional groups attached to an aromatic ring is 1. The third kappa shape index (κ3) is 1.84. The lowest BCUT2D eigenvalue weighted by Gasteiger charge is -2.07. The highest BCUT2D eigenvalue weighted by atomic mass is 35.5. The van der Waals surface area contributed by atoms with E-state index in [2.05, 4.69) is 10.3 Å². The third-order valence-electron chi connectivity index (χ3n) is 2.15. The maximum absolute atomic E-state index is 6.04. The van der Waals surface area contributed by atoms with Crippen LogP contribution in [0, 0.1) is 6.92 Å². The Morgan fingerprint density at radius 2 is 1.75 bits per heavy atom. The smallest absolute Gasteiger partial charge is 0.169 e. The molecule has 0 saturated heterocycles. The fourth-order valence-corrected chi connectivity index (χ4v) is 1.87. The summed E-state index contributed by atoms with van der Waals surface area (Å²) in [7, 11) is 0. The zero-order valence-corrected chi connectivity index (χ0v) is 10.5. The summed E-state index contributed by atoms with van der Waals surface area (Å²) in [4.78, 5) is 0. The van der Waals surface area contributed by atoms with Gasteiger partial charge in [0.25, 0.3) is 0 Å². The van der Waals surface area contributed by atoms with Gasteiger partial charge in [0.15, 0.2) is 5.82 Å². The molecule has 1 aromatic carbocycles. The summed E-state index contributed by atoms with van der Waals surface area (Å²) in [6, 6.07) is 3.17. The minimum absolute atomic E-state index is 0.349. The van der Waals surface area contributed by atoms with Gasteiger partial charge >= 0.3 is 0 Å². The molecular weight excluding hydrogens is 270 g/mol. The fraction of sp³-hybridized carbons (Fsp3) is 0.111. The lowest BCUT2D eigenvalue weighted by molar-refractivity contribution is 0.785. The number of halogens is 3. The number of hydrogen-bond donors (Lipinski definition) is 1. The van der Waals surface area contributed by atoms with Gasteiger partial charge in [0, 0.05) is 0 Å². The molecule has 7 heteroatoms. The van der Waals surface area contributed by atoms with Crippen LogP contribution in [0.5, 0.6) is 0 Å². The summed E-state index contributed by atoms with van der Waals surface area (Å²) in [5.74, 6) is 0.349. The van der Waals surface area contributed by atoms with Crippen LogP contribution in [-0.2, 0) is 0 Å². The van der Waals surface area contributed by atoms with E-state index in [0.717, 1.165) is 0 Å². The quantitative estimate of drug-likeness (QED) is 0.815. The third-order valence-corrected chi connectivity index (χ3v) is 3.17. The molecular formula is C9H7Cl3N4. The van der Waals surface area contributed by atoms with Gasteiger partial charge in [-0.15, -0.1) is 5.10 Å². The van der Waals surface area contributed by atoms with Crippen molar-refractivity contribution >= 4 is 40.6 Å². The van der Waals surface area contributed by atoms with E-state index in [4.69, 9.17) is 40.5 Å². The van der Waals surface area contributed by atoms with Gasteiger partial charge in [-0.2, -0.15) is 0 Å². The first-order chi connectivity index (χ1) is 7.50. The first kappa shape index (κ1) is 11.5. The predicted molar refractivity (Wildman–Crippen MR) is 65.5 cm³/mol. The fourth-order valence-electron chi connectivity index (χ4n) is 1.24. The summed E-state index contributed by atoms with van der Waals surface area (Å²) >= 11 is 17.8. The van der Waals surface area contributed by atoms with Gasteiger partial charge in [-0.25, -0.2) is 4.68 Å². The molecule has 0 bridgehead atoms. The minimum atomic E-state index is 0.349. The second-order valence-electron chi connectivity index (χ2n) is 3.19. The Bertz CT molecular complexity index is 550. The van der Waals surface area contributed by atoms with Crippen LogP contribution < -0.4 is 5.73 Å². The van der Waals surface area contributed by atoms with Crippen LogP contribution in [0.4, 0.5) is 5.82 Å². The molecule has 0 radical (unpaired) electrons. The van der Waals surface area contributed by atoms with Crippen LogP contribution in [0.15, 0.2) is 12.1 Å². The highest BCUT2D eigenvalue weighted by Gasteiger charge is 2.12. The molecule has 0 aliphatic heterocycles. The number of aromatic nitrogens is 3. The molecule has 2 N–H and O–H groups in total. The van der Waals surface area contributed by atoms with Crippen LogP contribution in [0.25, 0.3) is 5.69 Å². The average Bonchev–Trinajstić information content (AvgIpc) is 2.54. The van der Waals surface area contributed by atoms with E-state index in [0.29, 0.717) is 32.3 Å². The van der Waals surface area contributed by atoms with Gasteiger partial charge < -0.3 is 5.73 Å². The van der Waals surface area contributed by atoms with Crippen LogP contribution in [0.2, 0.25) is 15.1 Å². The normalized spacial score (nSPS) is 10.8. The molecule has 0 atom stereocenters. The van der Waals surface area contributed by atoms with Crippen molar-refractivity contribution in [1.82, 2.24) is 15.0 Å². The Balaban J connectivity index is 2.65. The highest BCUT2D eigenvalue weighted by Crippen LogP contribution is 2.31. The molecule has 16 heavy (non-hydrogen) atoms. The molecule has 0 saturated carbocycles. The van der Waals surface area contributed by atoms with Crippen molar-refractivity contribution in [2.24, 2.45) is 0 Å². The van der Waals surface area contributed by atoms with E-state index in [-0.39, 0.29) is 0 Å². The largest absolute Gasteiger partial charge is 0.381 e. The molecule has 2 rings (SSSR count). The molecule has 4 nitrogen and oxygen atoms in total. The Morgan fingerprint density at radius 1 is 1.12 bits per heavy atom. The van der Waals surface area contributed by atoms with E-state index < -0.39 is 0 Å². The standard InChI is InChI=1S/C9H7Cl3N4/c1-4-9(13)14-15-16(4)8-3-6(11)5(10)2-7(8)12/h2-3H,13H2,1H3. The van der Waals surface area contributed by atoms with Gasteiger partial charge in [-0.05, 0) is 19.1 Å². The monoisotopic (exact) mass is 276 g/mol. The topological polar surface area (TPSA) is 56.7 Å². The Kier molecular flexibility index (Phi) is 2.97.